The van der Waals surface area contributed by atoms with Crippen molar-refractivity contribution in [3.05, 3.63) is 81.2 Å². The smallest absolute Gasteiger partial charge is 0.280 e. The molecule has 1 aromatic carbocycles. The number of nitro groups is 1. The van der Waals surface area contributed by atoms with Crippen LogP contribution in [-0.2, 0) is 4.79 Å². The molecule has 2 aliphatic rings. The fraction of sp³-hybridized carbons (Fsp3) is 0.269. The van der Waals surface area contributed by atoms with Crippen molar-refractivity contribution in [2.24, 2.45) is 4.99 Å². The lowest BCUT2D eigenvalue weighted by Gasteiger charge is -2.30. The van der Waals surface area contributed by atoms with E-state index in [0.717, 1.165) is 31.2 Å². The van der Waals surface area contributed by atoms with Gasteiger partial charge in [0, 0.05) is 24.4 Å². The molecular formula is C26H24N4O4S. The monoisotopic (exact) mass is 488 g/mol. The van der Waals surface area contributed by atoms with Gasteiger partial charge in [0.25, 0.3) is 11.6 Å². The first-order chi connectivity index (χ1) is 17.0. The highest BCUT2D eigenvalue weighted by Crippen LogP contribution is 2.39. The number of amidine groups is 1. The molecule has 0 unspecified atom stereocenters. The first-order valence-electron chi connectivity index (χ1n) is 11.6. The van der Waals surface area contributed by atoms with Gasteiger partial charge < -0.3 is 4.42 Å². The minimum atomic E-state index is -0.414. The number of aromatic nitrogens is 1. The zero-order valence-electron chi connectivity index (χ0n) is 19.2. The first kappa shape index (κ1) is 23.0. The summed E-state index contributed by atoms with van der Waals surface area (Å²) < 4.78 is 5.93. The molecule has 1 saturated carbocycles. The molecule has 1 amide bonds. The number of hydrogen-bond acceptors (Lipinski definition) is 7. The number of pyridine rings is 1. The summed E-state index contributed by atoms with van der Waals surface area (Å²) in [5.74, 6) is 0.744. The van der Waals surface area contributed by atoms with Crippen LogP contribution in [0.1, 0.15) is 43.4 Å². The summed E-state index contributed by atoms with van der Waals surface area (Å²) in [6, 6.07) is 12.2. The number of aryl methyl sites for hydroxylation is 1. The van der Waals surface area contributed by atoms with Crippen molar-refractivity contribution in [1.82, 2.24) is 9.88 Å². The molecule has 178 valence electrons. The second kappa shape index (κ2) is 9.87. The Kier molecular flexibility index (Phi) is 6.50. The van der Waals surface area contributed by atoms with Gasteiger partial charge in [-0.15, -0.1) is 0 Å². The SMILES string of the molecule is Cc1ccc(-c2ccc(/C=C3/SC(=Nc4cccnc4)N(C4CCCCC4)C3=O)o2)c([N+](=O)[O-])c1. The quantitative estimate of drug-likeness (QED) is 0.231. The van der Waals surface area contributed by atoms with E-state index in [-0.39, 0.29) is 17.6 Å². The van der Waals surface area contributed by atoms with Gasteiger partial charge in [-0.25, -0.2) is 4.99 Å². The molecule has 1 saturated heterocycles. The van der Waals surface area contributed by atoms with Gasteiger partial charge in [-0.2, -0.15) is 0 Å². The standard InChI is InChI=1S/C26H24N4O4S/c1-17-9-11-21(22(14-17)30(32)33)23-12-10-20(34-23)15-24-25(31)29(19-7-3-2-4-8-19)26(35-24)28-18-6-5-13-27-16-18/h5-6,9-16,19H,2-4,7-8H2,1H3/b24-15+,28-26?. The molecule has 3 heterocycles. The Morgan fingerprint density at radius 2 is 2.03 bits per heavy atom. The minimum absolute atomic E-state index is 0.0146. The maximum absolute atomic E-state index is 13.5. The third kappa shape index (κ3) is 4.90. The van der Waals surface area contributed by atoms with Gasteiger partial charge in [-0.3, -0.25) is 24.8 Å². The van der Waals surface area contributed by atoms with E-state index in [4.69, 9.17) is 9.41 Å². The van der Waals surface area contributed by atoms with Crippen LogP contribution < -0.4 is 0 Å². The van der Waals surface area contributed by atoms with Gasteiger partial charge in [0.05, 0.1) is 27.3 Å². The Balaban J connectivity index is 1.47. The minimum Gasteiger partial charge on any atom is -0.456 e. The van der Waals surface area contributed by atoms with Crippen LogP contribution in [0.4, 0.5) is 11.4 Å². The van der Waals surface area contributed by atoms with Crippen molar-refractivity contribution >= 4 is 40.3 Å². The summed E-state index contributed by atoms with van der Waals surface area (Å²) in [7, 11) is 0. The molecule has 0 spiro atoms. The second-order valence-corrected chi connectivity index (χ2v) is 9.67. The summed E-state index contributed by atoms with van der Waals surface area (Å²) in [6.45, 7) is 1.81. The summed E-state index contributed by atoms with van der Waals surface area (Å²) in [6.07, 6.45) is 10.3. The molecule has 3 aromatic rings. The van der Waals surface area contributed by atoms with Gasteiger partial charge in [-0.1, -0.05) is 25.3 Å². The maximum Gasteiger partial charge on any atom is 0.280 e. The molecule has 8 nitrogen and oxygen atoms in total. The molecule has 2 fully saturated rings. The van der Waals surface area contributed by atoms with E-state index in [0.29, 0.717) is 32.8 Å². The fourth-order valence-electron chi connectivity index (χ4n) is 4.46. The Labute approximate surface area is 206 Å². The van der Waals surface area contributed by atoms with E-state index in [1.54, 1.807) is 43.6 Å². The Bertz CT molecular complexity index is 1330. The zero-order valence-corrected chi connectivity index (χ0v) is 20.0. The average molecular weight is 489 g/mol. The largest absolute Gasteiger partial charge is 0.456 e. The van der Waals surface area contributed by atoms with E-state index >= 15 is 0 Å². The number of benzene rings is 1. The molecular weight excluding hydrogens is 464 g/mol. The number of nitro benzene ring substituents is 1. The number of amides is 1. The van der Waals surface area contributed by atoms with Gasteiger partial charge in [0.1, 0.15) is 11.5 Å². The summed E-state index contributed by atoms with van der Waals surface area (Å²) in [4.78, 5) is 35.8. The zero-order chi connectivity index (χ0) is 24.4. The van der Waals surface area contributed by atoms with Crippen LogP contribution in [0.25, 0.3) is 17.4 Å². The van der Waals surface area contributed by atoms with Crippen molar-refractivity contribution in [2.45, 2.75) is 45.1 Å². The highest BCUT2D eigenvalue weighted by Gasteiger charge is 2.39. The normalized spacial score (nSPS) is 19.1. The lowest BCUT2D eigenvalue weighted by atomic mass is 9.94. The van der Waals surface area contributed by atoms with Crippen molar-refractivity contribution in [3.63, 3.8) is 0 Å². The van der Waals surface area contributed by atoms with Crippen molar-refractivity contribution in [1.29, 1.82) is 0 Å². The second-order valence-electron chi connectivity index (χ2n) is 8.66. The molecule has 2 aromatic heterocycles. The van der Waals surface area contributed by atoms with Crippen LogP contribution in [0.2, 0.25) is 0 Å². The predicted octanol–water partition coefficient (Wildman–Crippen LogP) is 6.49. The molecule has 0 bridgehead atoms. The van der Waals surface area contributed by atoms with Gasteiger partial charge in [0.2, 0.25) is 0 Å². The van der Waals surface area contributed by atoms with Crippen molar-refractivity contribution in [2.75, 3.05) is 0 Å². The molecule has 0 atom stereocenters. The number of nitrogens with zero attached hydrogens (tertiary/aromatic N) is 4. The number of hydrogen-bond donors (Lipinski definition) is 0. The number of rotatable bonds is 5. The third-order valence-electron chi connectivity index (χ3n) is 6.16. The number of furan rings is 1. The van der Waals surface area contributed by atoms with E-state index in [2.05, 4.69) is 4.98 Å². The van der Waals surface area contributed by atoms with Crippen molar-refractivity contribution < 1.29 is 14.1 Å². The van der Waals surface area contributed by atoms with Crippen LogP contribution in [-0.4, -0.2) is 31.9 Å². The van der Waals surface area contributed by atoms with E-state index in [9.17, 15) is 14.9 Å². The summed E-state index contributed by atoms with van der Waals surface area (Å²) in [5, 5.41) is 12.2. The summed E-state index contributed by atoms with van der Waals surface area (Å²) in [5.41, 5.74) is 1.87. The van der Waals surface area contributed by atoms with E-state index < -0.39 is 4.92 Å². The Morgan fingerprint density at radius 1 is 1.20 bits per heavy atom. The van der Waals surface area contributed by atoms with Crippen LogP contribution in [0.5, 0.6) is 0 Å². The highest BCUT2D eigenvalue weighted by molar-refractivity contribution is 8.18. The highest BCUT2D eigenvalue weighted by atomic mass is 32.2. The number of carbonyl (C=O) groups excluding carboxylic acids is 1. The molecule has 1 aliphatic heterocycles. The molecule has 5 rings (SSSR count). The van der Waals surface area contributed by atoms with E-state index in [1.807, 2.05) is 23.1 Å². The molecule has 0 radical (unpaired) electrons. The molecule has 1 aliphatic carbocycles. The number of aliphatic imine (C=N–C) groups is 1. The fourth-order valence-corrected chi connectivity index (χ4v) is 5.50. The predicted molar refractivity (Wildman–Crippen MR) is 136 cm³/mol. The van der Waals surface area contributed by atoms with E-state index in [1.165, 1.54) is 24.2 Å². The third-order valence-corrected chi connectivity index (χ3v) is 7.15. The summed E-state index contributed by atoms with van der Waals surface area (Å²) >= 11 is 1.32. The van der Waals surface area contributed by atoms with Gasteiger partial charge in [-0.05, 0) is 67.4 Å². The first-order valence-corrected chi connectivity index (χ1v) is 12.4. The Hall–Kier alpha value is -3.72. The van der Waals surface area contributed by atoms with Gasteiger partial charge in [0.15, 0.2) is 5.17 Å². The maximum atomic E-state index is 13.5. The van der Waals surface area contributed by atoms with Crippen molar-refractivity contribution in [3.8, 4) is 11.3 Å². The number of carbonyl (C=O) groups is 1. The number of thioether (sulfide) groups is 1. The lowest BCUT2D eigenvalue weighted by Crippen LogP contribution is -2.40. The molecule has 35 heavy (non-hydrogen) atoms. The topological polar surface area (TPSA) is 102 Å². The van der Waals surface area contributed by atoms with Crippen LogP contribution in [0.3, 0.4) is 0 Å². The van der Waals surface area contributed by atoms with Crippen LogP contribution in [0.15, 0.2) is 69.2 Å². The lowest BCUT2D eigenvalue weighted by molar-refractivity contribution is -0.384. The average Bonchev–Trinajstić information content (AvgIpc) is 3.44. The van der Waals surface area contributed by atoms with Crippen LogP contribution >= 0.6 is 11.8 Å². The molecule has 0 N–H and O–H groups in total. The van der Waals surface area contributed by atoms with Gasteiger partial charge >= 0.3 is 0 Å². The Morgan fingerprint density at radius 3 is 2.77 bits per heavy atom. The molecule has 9 heteroatoms. The van der Waals surface area contributed by atoms with Crippen LogP contribution in [0, 0.1) is 17.0 Å².